The number of benzene rings is 2. The maximum absolute atomic E-state index is 13.7. The molecule has 0 radical (unpaired) electrons. The van der Waals surface area contributed by atoms with Crippen LogP contribution in [-0.4, -0.2) is 46.8 Å². The highest BCUT2D eigenvalue weighted by molar-refractivity contribution is 6.00. The van der Waals surface area contributed by atoms with E-state index in [9.17, 15) is 4.79 Å². The zero-order valence-corrected chi connectivity index (χ0v) is 22.1. The van der Waals surface area contributed by atoms with Crippen LogP contribution in [0.4, 0.5) is 0 Å². The Morgan fingerprint density at radius 2 is 1.74 bits per heavy atom. The number of hydrogen-bond donors (Lipinski definition) is 1. The zero-order chi connectivity index (χ0) is 26.6. The van der Waals surface area contributed by atoms with Gasteiger partial charge in [0, 0.05) is 30.1 Å². The summed E-state index contributed by atoms with van der Waals surface area (Å²) in [6, 6.07) is 17.1. The number of hydrogen-bond acceptors (Lipinski definition) is 6. The van der Waals surface area contributed by atoms with E-state index < -0.39 is 0 Å². The molecule has 1 atom stereocenters. The van der Waals surface area contributed by atoms with Crippen LogP contribution in [0, 0.1) is 5.92 Å². The zero-order valence-electron chi connectivity index (χ0n) is 22.1. The van der Waals surface area contributed by atoms with Crippen LogP contribution in [0.3, 0.4) is 0 Å². The topological polar surface area (TPSA) is 89.6 Å². The Morgan fingerprint density at radius 1 is 0.974 bits per heavy atom. The van der Waals surface area contributed by atoms with E-state index in [-0.39, 0.29) is 11.9 Å². The third-order valence-corrected chi connectivity index (χ3v) is 6.79. The molecule has 2 aromatic heterocycles. The van der Waals surface area contributed by atoms with Gasteiger partial charge in [-0.2, -0.15) is 5.10 Å². The van der Waals surface area contributed by atoms with Gasteiger partial charge in [0.1, 0.15) is 11.4 Å². The van der Waals surface area contributed by atoms with Crippen LogP contribution in [-0.2, 0) is 6.54 Å². The van der Waals surface area contributed by atoms with Crippen molar-refractivity contribution >= 4 is 5.91 Å². The molecule has 196 valence electrons. The Kier molecular flexibility index (Phi) is 7.31. The fourth-order valence-electron chi connectivity index (χ4n) is 4.74. The Labute approximate surface area is 222 Å². The summed E-state index contributed by atoms with van der Waals surface area (Å²) in [5.41, 5.74) is 4.86. The molecule has 1 aliphatic heterocycles. The number of ether oxygens (including phenoxy) is 3. The summed E-state index contributed by atoms with van der Waals surface area (Å²) in [6.07, 6.45) is 4.42. The first-order valence-corrected chi connectivity index (χ1v) is 12.7. The van der Waals surface area contributed by atoms with Crippen molar-refractivity contribution in [1.29, 1.82) is 0 Å². The van der Waals surface area contributed by atoms with Crippen molar-refractivity contribution in [2.75, 3.05) is 20.8 Å². The smallest absolute Gasteiger partial charge is 0.273 e. The highest BCUT2D eigenvalue weighted by Gasteiger charge is 2.42. The number of amides is 1. The van der Waals surface area contributed by atoms with Crippen LogP contribution < -0.4 is 14.2 Å². The highest BCUT2D eigenvalue weighted by Crippen LogP contribution is 2.45. The summed E-state index contributed by atoms with van der Waals surface area (Å²) in [7, 11) is 3.27. The lowest BCUT2D eigenvalue weighted by atomic mass is 9.95. The van der Waals surface area contributed by atoms with Gasteiger partial charge in [-0.15, -0.1) is 0 Å². The van der Waals surface area contributed by atoms with Crippen molar-refractivity contribution in [1.82, 2.24) is 20.1 Å². The normalized spacial score (nSPS) is 14.6. The van der Waals surface area contributed by atoms with Gasteiger partial charge < -0.3 is 19.1 Å². The first-order chi connectivity index (χ1) is 18.5. The average Bonchev–Trinajstić information content (AvgIpc) is 3.48. The molecule has 3 heterocycles. The van der Waals surface area contributed by atoms with E-state index in [1.807, 2.05) is 59.5 Å². The Balaban J connectivity index is 1.57. The number of carbonyl (C=O) groups is 1. The molecule has 4 aromatic rings. The summed E-state index contributed by atoms with van der Waals surface area (Å²) in [6.45, 7) is 5.37. The van der Waals surface area contributed by atoms with Gasteiger partial charge in [0.15, 0.2) is 11.5 Å². The molecular weight excluding hydrogens is 480 g/mol. The lowest BCUT2D eigenvalue weighted by molar-refractivity contribution is 0.0729. The number of nitrogens with zero attached hydrogens (tertiary/aromatic N) is 3. The van der Waals surface area contributed by atoms with Crippen LogP contribution in [0.1, 0.15) is 53.5 Å². The minimum Gasteiger partial charge on any atom is -0.497 e. The molecule has 1 aliphatic rings. The number of H-pyrrole nitrogens is 1. The predicted molar refractivity (Wildman–Crippen MR) is 144 cm³/mol. The standard InChI is InChI=1S/C30H32N4O4/c1-19(2)13-16-38-24-10-7-22(17-25(24)37-4)29-26-27(21-5-8-23(36-3)9-6-21)32-33-28(26)30(35)34(29)18-20-11-14-31-15-12-20/h5-12,14-15,17,19,29H,13,16,18H2,1-4H3,(H,32,33). The largest absolute Gasteiger partial charge is 0.497 e. The SMILES string of the molecule is COc1ccc(-c2n[nH]c3c2C(c2ccc(OCCC(C)C)c(OC)c2)N(Cc2ccncc2)C3=O)cc1. The van der Waals surface area contributed by atoms with Crippen molar-refractivity contribution in [3.8, 4) is 28.5 Å². The number of nitrogens with one attached hydrogen (secondary N) is 1. The molecule has 38 heavy (non-hydrogen) atoms. The summed E-state index contributed by atoms with van der Waals surface area (Å²) in [5.74, 6) is 2.51. The Hall–Kier alpha value is -4.33. The molecule has 0 saturated carbocycles. The van der Waals surface area contributed by atoms with E-state index in [1.165, 1.54) is 0 Å². The maximum Gasteiger partial charge on any atom is 0.273 e. The first-order valence-electron chi connectivity index (χ1n) is 12.7. The second kappa shape index (κ2) is 11.0. The summed E-state index contributed by atoms with van der Waals surface area (Å²) in [4.78, 5) is 19.7. The van der Waals surface area contributed by atoms with E-state index in [0.29, 0.717) is 36.3 Å². The van der Waals surface area contributed by atoms with E-state index in [0.717, 1.165) is 40.1 Å². The van der Waals surface area contributed by atoms with Crippen LogP contribution in [0.2, 0.25) is 0 Å². The van der Waals surface area contributed by atoms with E-state index in [4.69, 9.17) is 14.2 Å². The van der Waals surface area contributed by atoms with Gasteiger partial charge in [-0.25, -0.2) is 0 Å². The van der Waals surface area contributed by atoms with Gasteiger partial charge in [-0.1, -0.05) is 19.9 Å². The second-order valence-electron chi connectivity index (χ2n) is 9.72. The van der Waals surface area contributed by atoms with E-state index in [2.05, 4.69) is 29.0 Å². The van der Waals surface area contributed by atoms with Crippen molar-refractivity contribution in [2.45, 2.75) is 32.9 Å². The van der Waals surface area contributed by atoms with Crippen molar-refractivity contribution in [3.05, 3.63) is 89.4 Å². The molecule has 5 rings (SSSR count). The number of aromatic amines is 1. The number of carbonyl (C=O) groups excluding carboxylic acids is 1. The van der Waals surface area contributed by atoms with Gasteiger partial charge in [-0.3, -0.25) is 14.9 Å². The lowest BCUT2D eigenvalue weighted by Gasteiger charge is -2.27. The molecular formula is C30H32N4O4. The minimum absolute atomic E-state index is 0.106. The number of rotatable bonds is 10. The second-order valence-corrected chi connectivity index (χ2v) is 9.72. The van der Waals surface area contributed by atoms with Crippen LogP contribution in [0.25, 0.3) is 11.3 Å². The van der Waals surface area contributed by atoms with Gasteiger partial charge in [0.2, 0.25) is 0 Å². The van der Waals surface area contributed by atoms with Crippen LogP contribution in [0.5, 0.6) is 17.2 Å². The highest BCUT2D eigenvalue weighted by atomic mass is 16.5. The molecule has 0 aliphatic carbocycles. The quantitative estimate of drug-likeness (QED) is 0.295. The summed E-state index contributed by atoms with van der Waals surface area (Å²) >= 11 is 0. The Morgan fingerprint density at radius 3 is 2.42 bits per heavy atom. The monoisotopic (exact) mass is 512 g/mol. The molecule has 1 unspecified atom stereocenters. The third kappa shape index (κ3) is 4.94. The molecule has 2 aromatic carbocycles. The fraction of sp³-hybridized carbons (Fsp3) is 0.300. The van der Waals surface area contributed by atoms with Gasteiger partial charge >= 0.3 is 0 Å². The molecule has 0 spiro atoms. The van der Waals surface area contributed by atoms with Gasteiger partial charge in [0.05, 0.1) is 32.6 Å². The molecule has 0 bridgehead atoms. The molecule has 1 N–H and O–H groups in total. The summed E-state index contributed by atoms with van der Waals surface area (Å²) < 4.78 is 17.1. The van der Waals surface area contributed by atoms with E-state index in [1.54, 1.807) is 26.6 Å². The van der Waals surface area contributed by atoms with E-state index >= 15 is 0 Å². The first kappa shape index (κ1) is 25.3. The van der Waals surface area contributed by atoms with Crippen LogP contribution >= 0.6 is 0 Å². The molecule has 0 saturated heterocycles. The summed E-state index contributed by atoms with van der Waals surface area (Å²) in [5, 5.41) is 7.59. The maximum atomic E-state index is 13.7. The number of pyridine rings is 1. The molecule has 8 heteroatoms. The van der Waals surface area contributed by atoms with Crippen LogP contribution in [0.15, 0.2) is 67.0 Å². The predicted octanol–water partition coefficient (Wildman–Crippen LogP) is 5.66. The number of fused-ring (bicyclic) bond motifs is 1. The molecule has 8 nitrogen and oxygen atoms in total. The van der Waals surface area contributed by atoms with Crippen molar-refractivity contribution < 1.29 is 19.0 Å². The van der Waals surface area contributed by atoms with Crippen molar-refractivity contribution in [3.63, 3.8) is 0 Å². The van der Waals surface area contributed by atoms with Gasteiger partial charge in [-0.05, 0) is 72.0 Å². The van der Waals surface area contributed by atoms with Gasteiger partial charge in [0.25, 0.3) is 5.91 Å². The average molecular weight is 513 g/mol. The lowest BCUT2D eigenvalue weighted by Crippen LogP contribution is -2.29. The van der Waals surface area contributed by atoms with Crippen molar-refractivity contribution in [2.24, 2.45) is 5.92 Å². The fourth-order valence-corrected chi connectivity index (χ4v) is 4.74. The third-order valence-electron chi connectivity index (χ3n) is 6.79. The molecule has 0 fully saturated rings. The number of methoxy groups -OCH3 is 2. The minimum atomic E-state index is -0.375. The Bertz CT molecular complexity index is 1400. The number of aromatic nitrogens is 3. The molecule has 1 amide bonds.